The third-order valence-electron chi connectivity index (χ3n) is 2.62. The van der Waals surface area contributed by atoms with Crippen LogP contribution in [0, 0.1) is 5.92 Å². The van der Waals surface area contributed by atoms with Gasteiger partial charge in [0.25, 0.3) is 0 Å². The highest BCUT2D eigenvalue weighted by Gasteiger charge is 2.14. The molecule has 1 amide bonds. The Morgan fingerprint density at radius 3 is 2.29 bits per heavy atom. The van der Waals surface area contributed by atoms with E-state index in [0.29, 0.717) is 12.3 Å². The van der Waals surface area contributed by atoms with Crippen LogP contribution in [0.25, 0.3) is 0 Å². The lowest BCUT2D eigenvalue weighted by molar-refractivity contribution is -0.123. The van der Waals surface area contributed by atoms with Crippen LogP contribution in [-0.4, -0.2) is 18.0 Å². The number of carbonyl (C=O) groups is 1. The van der Waals surface area contributed by atoms with Crippen LogP contribution >= 0.6 is 0 Å². The molecule has 0 aromatic carbocycles. The average Bonchev–Trinajstić information content (AvgIpc) is 2.15. The minimum absolute atomic E-state index is 0.0247. The van der Waals surface area contributed by atoms with Gasteiger partial charge in [0.05, 0.1) is 6.04 Å². The van der Waals surface area contributed by atoms with Gasteiger partial charge < -0.3 is 11.1 Å². The molecule has 0 bridgehead atoms. The summed E-state index contributed by atoms with van der Waals surface area (Å²) in [5.74, 6) is 0.631. The van der Waals surface area contributed by atoms with E-state index in [2.05, 4.69) is 19.2 Å². The molecule has 3 N–H and O–H groups in total. The predicted molar refractivity (Wildman–Crippen MR) is 59.9 cm³/mol. The number of carbonyl (C=O) groups excluding carboxylic acids is 1. The van der Waals surface area contributed by atoms with Gasteiger partial charge in [-0.25, -0.2) is 0 Å². The van der Waals surface area contributed by atoms with Crippen molar-refractivity contribution in [1.82, 2.24) is 5.32 Å². The number of nitrogens with one attached hydrogen (secondary N) is 1. The molecule has 3 nitrogen and oxygen atoms in total. The highest BCUT2D eigenvalue weighted by atomic mass is 16.2. The van der Waals surface area contributed by atoms with E-state index in [9.17, 15) is 4.79 Å². The summed E-state index contributed by atoms with van der Waals surface area (Å²) in [7, 11) is 0. The highest BCUT2D eigenvalue weighted by molar-refractivity contribution is 5.81. The molecule has 3 heteroatoms. The summed E-state index contributed by atoms with van der Waals surface area (Å²) in [5, 5.41) is 2.93. The molecular formula is C11H24N2O. The van der Waals surface area contributed by atoms with Crippen molar-refractivity contribution >= 4 is 5.91 Å². The summed E-state index contributed by atoms with van der Waals surface area (Å²) in [6, 6.07) is -0.121. The zero-order chi connectivity index (χ0) is 11.1. The molecule has 0 saturated heterocycles. The van der Waals surface area contributed by atoms with E-state index >= 15 is 0 Å². The molecule has 3 unspecified atom stereocenters. The Morgan fingerprint density at radius 2 is 1.86 bits per heavy atom. The summed E-state index contributed by atoms with van der Waals surface area (Å²) in [6.45, 7) is 8.31. The smallest absolute Gasteiger partial charge is 0.237 e. The van der Waals surface area contributed by atoms with E-state index in [-0.39, 0.29) is 18.0 Å². The Kier molecular flexibility index (Phi) is 6.54. The third-order valence-corrected chi connectivity index (χ3v) is 2.62. The molecule has 0 radical (unpaired) electrons. The van der Waals surface area contributed by atoms with E-state index in [1.807, 2.05) is 13.8 Å². The van der Waals surface area contributed by atoms with Crippen molar-refractivity contribution in [2.75, 3.05) is 0 Å². The fourth-order valence-corrected chi connectivity index (χ4v) is 1.36. The second-order valence-electron chi connectivity index (χ2n) is 4.17. The first-order valence-electron chi connectivity index (χ1n) is 5.57. The van der Waals surface area contributed by atoms with Crippen LogP contribution < -0.4 is 11.1 Å². The van der Waals surface area contributed by atoms with Crippen LogP contribution in [0.2, 0.25) is 0 Å². The summed E-state index contributed by atoms with van der Waals surface area (Å²) in [5.41, 5.74) is 5.62. The normalized spacial score (nSPS) is 17.2. The van der Waals surface area contributed by atoms with Gasteiger partial charge >= 0.3 is 0 Å². The summed E-state index contributed by atoms with van der Waals surface area (Å²) in [6.07, 6.45) is 2.88. The Balaban J connectivity index is 3.82. The van der Waals surface area contributed by atoms with E-state index in [1.54, 1.807) is 0 Å². The zero-order valence-corrected chi connectivity index (χ0v) is 9.84. The van der Waals surface area contributed by atoms with Crippen molar-refractivity contribution < 1.29 is 4.79 Å². The van der Waals surface area contributed by atoms with Gasteiger partial charge in [0.2, 0.25) is 5.91 Å². The summed E-state index contributed by atoms with van der Waals surface area (Å²) in [4.78, 5) is 11.4. The minimum atomic E-state index is -0.352. The molecule has 3 atom stereocenters. The molecule has 0 spiro atoms. The molecule has 0 aliphatic carbocycles. The Labute approximate surface area is 87.4 Å². The van der Waals surface area contributed by atoms with E-state index < -0.39 is 0 Å². The van der Waals surface area contributed by atoms with Crippen molar-refractivity contribution in [2.45, 2.75) is 59.0 Å². The minimum Gasteiger partial charge on any atom is -0.352 e. The quantitative estimate of drug-likeness (QED) is 0.685. The molecule has 0 aromatic rings. The Bertz CT molecular complexity index is 171. The molecular weight excluding hydrogens is 176 g/mol. The van der Waals surface area contributed by atoms with Crippen molar-refractivity contribution in [2.24, 2.45) is 11.7 Å². The maximum absolute atomic E-state index is 11.4. The molecule has 0 heterocycles. The lowest BCUT2D eigenvalue weighted by Crippen LogP contribution is -2.44. The fraction of sp³-hybridized carbons (Fsp3) is 0.909. The largest absolute Gasteiger partial charge is 0.352 e. The lowest BCUT2D eigenvalue weighted by atomic mass is 10.00. The van der Waals surface area contributed by atoms with E-state index in [0.717, 1.165) is 12.8 Å². The van der Waals surface area contributed by atoms with Crippen LogP contribution in [0.5, 0.6) is 0 Å². The molecule has 0 rings (SSSR count). The number of amides is 1. The van der Waals surface area contributed by atoms with Crippen LogP contribution in [0.1, 0.15) is 47.0 Å². The van der Waals surface area contributed by atoms with Crippen molar-refractivity contribution in [1.29, 1.82) is 0 Å². The number of hydrogen-bond acceptors (Lipinski definition) is 2. The van der Waals surface area contributed by atoms with Gasteiger partial charge in [-0.1, -0.05) is 27.2 Å². The summed E-state index contributed by atoms with van der Waals surface area (Å²) >= 11 is 0. The predicted octanol–water partition coefficient (Wildman–Crippen LogP) is 1.66. The molecule has 0 aliphatic rings. The van der Waals surface area contributed by atoms with E-state index in [1.165, 1.54) is 0 Å². The summed E-state index contributed by atoms with van der Waals surface area (Å²) < 4.78 is 0. The molecule has 0 saturated carbocycles. The van der Waals surface area contributed by atoms with Crippen molar-refractivity contribution in [3.05, 3.63) is 0 Å². The maximum Gasteiger partial charge on any atom is 0.237 e. The van der Waals surface area contributed by atoms with Crippen LogP contribution in [-0.2, 0) is 4.79 Å². The van der Waals surface area contributed by atoms with Gasteiger partial charge in [0.1, 0.15) is 0 Å². The van der Waals surface area contributed by atoms with Crippen LogP contribution in [0.4, 0.5) is 0 Å². The Morgan fingerprint density at radius 1 is 1.29 bits per heavy atom. The molecule has 84 valence electrons. The van der Waals surface area contributed by atoms with Crippen LogP contribution in [0.3, 0.4) is 0 Å². The first-order valence-corrected chi connectivity index (χ1v) is 5.57. The topological polar surface area (TPSA) is 55.1 Å². The van der Waals surface area contributed by atoms with Gasteiger partial charge in [-0.2, -0.15) is 0 Å². The van der Waals surface area contributed by atoms with Gasteiger partial charge in [-0.15, -0.1) is 0 Å². The van der Waals surface area contributed by atoms with Gasteiger partial charge in [0, 0.05) is 6.04 Å². The van der Waals surface area contributed by atoms with Gasteiger partial charge in [0.15, 0.2) is 0 Å². The SMILES string of the molecule is CCC(C)CC(C)NC(=O)C(N)CC. The molecule has 14 heavy (non-hydrogen) atoms. The average molecular weight is 200 g/mol. The zero-order valence-electron chi connectivity index (χ0n) is 9.84. The highest BCUT2D eigenvalue weighted by Crippen LogP contribution is 2.09. The van der Waals surface area contributed by atoms with Crippen molar-refractivity contribution in [3.8, 4) is 0 Å². The van der Waals surface area contributed by atoms with Crippen molar-refractivity contribution in [3.63, 3.8) is 0 Å². The van der Waals surface area contributed by atoms with Gasteiger partial charge in [-0.05, 0) is 25.7 Å². The first-order chi connectivity index (χ1) is 6.51. The monoisotopic (exact) mass is 200 g/mol. The maximum atomic E-state index is 11.4. The first kappa shape index (κ1) is 13.4. The standard InChI is InChI=1S/C11H24N2O/c1-5-8(3)7-9(4)13-11(14)10(12)6-2/h8-10H,5-7,12H2,1-4H3,(H,13,14). The van der Waals surface area contributed by atoms with Crippen LogP contribution in [0.15, 0.2) is 0 Å². The second kappa shape index (κ2) is 6.82. The number of nitrogens with two attached hydrogens (primary N) is 1. The number of hydrogen-bond donors (Lipinski definition) is 2. The Hall–Kier alpha value is -0.570. The second-order valence-corrected chi connectivity index (χ2v) is 4.17. The number of rotatable bonds is 6. The molecule has 0 aromatic heterocycles. The molecule has 0 aliphatic heterocycles. The van der Waals surface area contributed by atoms with E-state index in [4.69, 9.17) is 5.73 Å². The lowest BCUT2D eigenvalue weighted by Gasteiger charge is -2.19. The van der Waals surface area contributed by atoms with Gasteiger partial charge in [-0.3, -0.25) is 4.79 Å². The fourth-order valence-electron chi connectivity index (χ4n) is 1.36. The third kappa shape index (κ3) is 5.22. The molecule has 0 fully saturated rings.